The van der Waals surface area contributed by atoms with Crippen LogP contribution in [0.3, 0.4) is 0 Å². The number of rotatable bonds is 22. The number of nitroso groups, excluding NO2 is 1. The number of thioether (sulfide) groups is 1. The Hall–Kier alpha value is -5.38. The van der Waals surface area contributed by atoms with Gasteiger partial charge in [0, 0.05) is 35.7 Å². The molecule has 3 rings (SSSR count). The molecule has 0 aliphatic heterocycles. The van der Waals surface area contributed by atoms with Crippen molar-refractivity contribution in [1.29, 1.82) is 0 Å². The van der Waals surface area contributed by atoms with E-state index >= 15 is 0 Å². The molecule has 16 heteroatoms. The number of carbonyl (C=O) groups is 3. The first-order chi connectivity index (χ1) is 23.6. The van der Waals surface area contributed by atoms with Crippen LogP contribution in [0.25, 0.3) is 23.1 Å². The maximum Gasteiger partial charge on any atom is 0.294 e. The number of nitrogens with zero attached hydrogens (tertiary/aromatic N) is 3. The minimum Gasteiger partial charge on any atom is -0.493 e. The lowest BCUT2D eigenvalue weighted by atomic mass is 10.1. The Morgan fingerprint density at radius 3 is 2.47 bits per heavy atom. The summed E-state index contributed by atoms with van der Waals surface area (Å²) in [5, 5.41) is 15.6. The van der Waals surface area contributed by atoms with Gasteiger partial charge in [0.2, 0.25) is 11.8 Å². The summed E-state index contributed by atoms with van der Waals surface area (Å²) in [5.41, 5.74) is 2.30. The van der Waals surface area contributed by atoms with Gasteiger partial charge in [-0.05, 0) is 36.8 Å². The number of benzene rings is 2. The van der Waals surface area contributed by atoms with Gasteiger partial charge in [-0.1, -0.05) is 54.4 Å². The second-order valence-corrected chi connectivity index (χ2v) is 11.6. The number of hydrogen-bond acceptors (Lipinski definition) is 12. The van der Waals surface area contributed by atoms with Crippen molar-refractivity contribution in [2.75, 3.05) is 45.8 Å². The van der Waals surface area contributed by atoms with E-state index in [1.165, 1.54) is 18.9 Å². The molecule has 2 aromatic carbocycles. The predicted molar refractivity (Wildman–Crippen MR) is 186 cm³/mol. The number of aromatic amines is 1. The third kappa shape index (κ3) is 11.4. The highest BCUT2D eigenvalue weighted by Crippen LogP contribution is 2.33. The monoisotopic (exact) mass is 697 g/mol. The fourth-order valence-electron chi connectivity index (χ4n) is 4.85. The molecule has 2 N–H and O–H groups in total. The van der Waals surface area contributed by atoms with Gasteiger partial charge in [-0.2, -0.15) is 4.91 Å². The van der Waals surface area contributed by atoms with Crippen molar-refractivity contribution in [2.45, 2.75) is 31.8 Å². The van der Waals surface area contributed by atoms with E-state index in [1.807, 2.05) is 6.07 Å². The van der Waals surface area contributed by atoms with Gasteiger partial charge in [0.25, 0.3) is 5.09 Å². The number of nitrogens with one attached hydrogen (secondary N) is 2. The molecule has 0 radical (unpaired) electrons. The first-order valence-electron chi connectivity index (χ1n) is 15.2. The van der Waals surface area contributed by atoms with Gasteiger partial charge in [0.1, 0.15) is 31.0 Å². The topological polar surface area (TPSA) is 192 Å². The van der Waals surface area contributed by atoms with Crippen LogP contribution in [0.4, 0.5) is 0 Å². The van der Waals surface area contributed by atoms with Gasteiger partial charge in [-0.3, -0.25) is 14.4 Å². The maximum absolute atomic E-state index is 13.9. The molecule has 3 aromatic rings. The number of methoxy groups -OCH3 is 1. The molecule has 1 heterocycles. The number of fused-ring (bicyclic) bond motifs is 1. The third-order valence-electron chi connectivity index (χ3n) is 7.08. The van der Waals surface area contributed by atoms with Crippen molar-refractivity contribution in [2.24, 2.45) is 5.18 Å². The standard InChI is InChI=1S/C33H39N5O10S/c1-5-24-25(6-2)35-26-11-9-14-30(32(24)26)47-20-23(36-42)19-37(16-18-46-29-13-8-7-12-28(29)45-4)33(41)27(34-22(3)39)21-49-31(40)15-10-17-48-38(43)44/h5-9,11-14,23,27,35H,1-2,10,15-21H2,3-4H3,(H,34,39). The molecule has 0 aliphatic carbocycles. The quantitative estimate of drug-likeness (QED) is 0.0644. The normalized spacial score (nSPS) is 11.9. The zero-order valence-corrected chi connectivity index (χ0v) is 28.1. The molecule has 1 aromatic heterocycles. The number of carbonyl (C=O) groups excluding carboxylic acids is 3. The van der Waals surface area contributed by atoms with E-state index < -0.39 is 29.0 Å². The van der Waals surface area contributed by atoms with E-state index in [1.54, 1.807) is 48.6 Å². The van der Waals surface area contributed by atoms with Crippen molar-refractivity contribution in [3.8, 4) is 17.2 Å². The number of amides is 2. The van der Waals surface area contributed by atoms with E-state index in [9.17, 15) is 29.4 Å². The molecule has 0 spiro atoms. The number of para-hydroxylation sites is 2. The summed E-state index contributed by atoms with van der Waals surface area (Å²) in [6, 6.07) is 10.2. The maximum atomic E-state index is 13.9. The Kier molecular flexibility index (Phi) is 15.1. The lowest BCUT2D eigenvalue weighted by molar-refractivity contribution is -0.757. The number of hydrogen-bond donors (Lipinski definition) is 2. The zero-order valence-electron chi connectivity index (χ0n) is 27.3. The Balaban J connectivity index is 1.79. The van der Waals surface area contributed by atoms with E-state index in [-0.39, 0.29) is 56.6 Å². The van der Waals surface area contributed by atoms with Crippen molar-refractivity contribution in [3.05, 3.63) is 81.9 Å². The largest absolute Gasteiger partial charge is 0.493 e. The first kappa shape index (κ1) is 38.1. The van der Waals surface area contributed by atoms with Crippen LogP contribution >= 0.6 is 11.8 Å². The molecule has 49 heavy (non-hydrogen) atoms. The molecule has 15 nitrogen and oxygen atoms in total. The van der Waals surface area contributed by atoms with Crippen LogP contribution < -0.4 is 19.5 Å². The summed E-state index contributed by atoms with van der Waals surface area (Å²) in [7, 11) is 1.49. The summed E-state index contributed by atoms with van der Waals surface area (Å²) in [6.07, 6.45) is 3.39. The molecule has 262 valence electrons. The second kappa shape index (κ2) is 19.4. The summed E-state index contributed by atoms with van der Waals surface area (Å²) in [6.45, 7) is 8.28. The number of ether oxygens (including phenoxy) is 3. The molecule has 0 saturated carbocycles. The van der Waals surface area contributed by atoms with Crippen LogP contribution in [0, 0.1) is 15.0 Å². The van der Waals surface area contributed by atoms with Crippen molar-refractivity contribution in [3.63, 3.8) is 0 Å². The predicted octanol–water partition coefficient (Wildman–Crippen LogP) is 4.64. The van der Waals surface area contributed by atoms with E-state index in [0.717, 1.165) is 33.9 Å². The lowest BCUT2D eigenvalue weighted by Crippen LogP contribution is -2.52. The Morgan fingerprint density at radius 2 is 1.82 bits per heavy atom. The minimum atomic E-state index is -1.15. The summed E-state index contributed by atoms with van der Waals surface area (Å²) in [5.74, 6) is 0.162. The number of H-pyrrole nitrogens is 1. The fourth-order valence-corrected chi connectivity index (χ4v) is 5.72. The van der Waals surface area contributed by atoms with Crippen molar-refractivity contribution < 1.29 is 38.5 Å². The van der Waals surface area contributed by atoms with Crippen LogP contribution in [-0.2, 0) is 19.2 Å². The van der Waals surface area contributed by atoms with Crippen LogP contribution in [0.15, 0.2) is 60.8 Å². The van der Waals surface area contributed by atoms with Gasteiger partial charge in [-0.15, -0.1) is 10.1 Å². The van der Waals surface area contributed by atoms with E-state index in [0.29, 0.717) is 17.2 Å². The summed E-state index contributed by atoms with van der Waals surface area (Å²) < 4.78 is 17.3. The average molecular weight is 698 g/mol. The Bertz CT molecular complexity index is 1650. The Morgan fingerprint density at radius 1 is 1.08 bits per heavy atom. The zero-order chi connectivity index (χ0) is 35.8. The SMILES string of the molecule is C=Cc1[nH]c2cccc(OCC(CN(CCOc3ccccc3OC)C(=O)C(CSC(=O)CCCO[N+](=O)[O-])NC(C)=O)N=O)c2c1C=C. The number of aromatic nitrogens is 1. The van der Waals surface area contributed by atoms with Crippen molar-refractivity contribution >= 4 is 51.7 Å². The van der Waals surface area contributed by atoms with E-state index in [2.05, 4.69) is 33.5 Å². The lowest BCUT2D eigenvalue weighted by Gasteiger charge is -2.29. The first-order valence-corrected chi connectivity index (χ1v) is 16.2. The van der Waals surface area contributed by atoms with Crippen LogP contribution in [0.5, 0.6) is 17.2 Å². The van der Waals surface area contributed by atoms with Crippen molar-refractivity contribution in [1.82, 2.24) is 15.2 Å². The third-order valence-corrected chi connectivity index (χ3v) is 8.11. The van der Waals surface area contributed by atoms with E-state index in [4.69, 9.17) is 14.2 Å². The molecule has 2 unspecified atom stereocenters. The molecule has 0 fully saturated rings. The second-order valence-electron chi connectivity index (χ2n) is 10.5. The molecule has 0 aliphatic rings. The van der Waals surface area contributed by atoms with Gasteiger partial charge in [-0.25, -0.2) is 0 Å². The summed E-state index contributed by atoms with van der Waals surface area (Å²) >= 11 is 0.795. The molecule has 2 amide bonds. The Labute approximate surface area is 287 Å². The highest BCUT2D eigenvalue weighted by atomic mass is 32.2. The van der Waals surface area contributed by atoms with Crippen LogP contribution in [0.2, 0.25) is 0 Å². The molecular weight excluding hydrogens is 658 g/mol. The van der Waals surface area contributed by atoms with Gasteiger partial charge < -0.3 is 34.2 Å². The summed E-state index contributed by atoms with van der Waals surface area (Å²) in [4.78, 5) is 69.7. The van der Waals surface area contributed by atoms with Crippen LogP contribution in [-0.4, -0.2) is 89.8 Å². The van der Waals surface area contributed by atoms with Gasteiger partial charge >= 0.3 is 0 Å². The highest BCUT2D eigenvalue weighted by molar-refractivity contribution is 8.13. The average Bonchev–Trinajstić information content (AvgIpc) is 3.47. The van der Waals surface area contributed by atoms with Gasteiger partial charge in [0.15, 0.2) is 16.6 Å². The molecule has 0 saturated heterocycles. The molecule has 2 atom stereocenters. The molecular formula is C33H39N5O10S. The molecule has 0 bridgehead atoms. The highest BCUT2D eigenvalue weighted by Gasteiger charge is 2.29. The fraction of sp³-hybridized carbons (Fsp3) is 0.364. The minimum absolute atomic E-state index is 0.0104. The smallest absolute Gasteiger partial charge is 0.294 e. The van der Waals surface area contributed by atoms with Crippen LogP contribution in [0.1, 0.15) is 31.0 Å². The van der Waals surface area contributed by atoms with Gasteiger partial charge in [0.05, 0.1) is 32.3 Å².